The highest BCUT2D eigenvalue weighted by molar-refractivity contribution is 7.91. The molecule has 0 spiro atoms. The number of hydrogen-bond donors (Lipinski definition) is 5. The molecule has 5 aromatic rings. The Morgan fingerprint density at radius 3 is 2.65 bits per heavy atom. The summed E-state index contributed by atoms with van der Waals surface area (Å²) in [7, 11) is -2.54. The number of carbonyl (C=O) groups excluding carboxylic acids is 4. The van der Waals surface area contributed by atoms with Gasteiger partial charge in [-0.3, -0.25) is 35.0 Å². The Morgan fingerprint density at radius 2 is 1.89 bits per heavy atom. The number of thiazole rings is 1. The fourth-order valence-corrected chi connectivity index (χ4v) is 10.9. The maximum atomic E-state index is 14.8. The lowest BCUT2D eigenvalue weighted by Gasteiger charge is -2.30. The topological polar surface area (TPSA) is 223 Å². The molecule has 1 saturated carbocycles. The zero-order chi connectivity index (χ0) is 44.3. The van der Waals surface area contributed by atoms with E-state index in [9.17, 15) is 27.6 Å². The number of aromatic nitrogens is 3. The van der Waals surface area contributed by atoms with Crippen LogP contribution < -0.4 is 35.7 Å². The highest BCUT2D eigenvalue weighted by Gasteiger charge is 2.61. The van der Waals surface area contributed by atoms with Crippen LogP contribution in [0.4, 0.5) is 5.13 Å². The van der Waals surface area contributed by atoms with Crippen LogP contribution >= 0.6 is 22.7 Å². The number of amides is 4. The van der Waals surface area contributed by atoms with Gasteiger partial charge in [0, 0.05) is 53.7 Å². The van der Waals surface area contributed by atoms with E-state index in [-0.39, 0.29) is 41.6 Å². The Bertz CT molecular complexity index is 2640. The molecule has 1 aliphatic carbocycles. The summed E-state index contributed by atoms with van der Waals surface area (Å²) < 4.78 is 42.2. The van der Waals surface area contributed by atoms with Crippen LogP contribution in [0, 0.1) is 5.92 Å². The van der Waals surface area contributed by atoms with E-state index in [1.54, 1.807) is 48.9 Å². The first-order chi connectivity index (χ1) is 30.3. The summed E-state index contributed by atoms with van der Waals surface area (Å²) in [6.07, 6.45) is 8.05. The normalized spacial score (nSPS) is 23.2. The second-order valence-electron chi connectivity index (χ2n) is 15.9. The quantitative estimate of drug-likeness (QED) is 0.0891. The standard InChI is InChI=1S/C43H47N9O8S3/c1-25(2)45-42-47-34(24-62-42)33-20-36(30-15-14-28(59-3)18-32(30)46-33)60-29-19-35-39(54)48-43(41(56)50-49-38(53)26-10-8-16-44-22-26)21-27(43)11-6-4-5-7-12-31(40(55)52(35)23-29)51-63(57,58)37-13-9-17-61-37/h6,8-11,13-18,20,22,24-25,27,29,31,35,51H,4-5,7,12,19,21,23H2,1-3H3,(H,45,47)(H,48,54)(H,49,53)(H,50,56)/b11-6-/t27-,29-,31+,35+,43-/m1/s1. The molecule has 0 bridgehead atoms. The number of carbonyl (C=O) groups is 4. The molecule has 0 radical (unpaired) electrons. The number of rotatable bonds is 11. The summed E-state index contributed by atoms with van der Waals surface area (Å²) in [5.74, 6) is -1.85. The highest BCUT2D eigenvalue weighted by atomic mass is 32.2. The van der Waals surface area contributed by atoms with E-state index in [2.05, 4.69) is 31.2 Å². The lowest BCUT2D eigenvalue weighted by Crippen LogP contribution is -2.59. The maximum absolute atomic E-state index is 14.8. The van der Waals surface area contributed by atoms with Gasteiger partial charge in [0.2, 0.25) is 11.8 Å². The number of hydrogen-bond acceptors (Lipinski definition) is 14. The number of sulfonamides is 1. The predicted molar refractivity (Wildman–Crippen MR) is 238 cm³/mol. The van der Waals surface area contributed by atoms with Crippen molar-refractivity contribution in [3.8, 4) is 22.9 Å². The average Bonchev–Trinajstić information content (AvgIpc) is 3.76. The monoisotopic (exact) mass is 913 g/mol. The molecule has 5 N–H and O–H groups in total. The number of nitrogens with one attached hydrogen (secondary N) is 5. The highest BCUT2D eigenvalue weighted by Crippen LogP contribution is 2.46. The van der Waals surface area contributed by atoms with Crippen molar-refractivity contribution in [2.75, 3.05) is 19.0 Å². The van der Waals surface area contributed by atoms with Gasteiger partial charge < -0.3 is 25.0 Å². The molecule has 0 unspecified atom stereocenters. The van der Waals surface area contributed by atoms with Gasteiger partial charge in [0.25, 0.3) is 21.8 Å². The van der Waals surface area contributed by atoms with Gasteiger partial charge in [-0.25, -0.2) is 18.4 Å². The average molecular weight is 914 g/mol. The molecule has 63 heavy (non-hydrogen) atoms. The third-order valence-electron chi connectivity index (χ3n) is 11.1. The number of pyridine rings is 2. The van der Waals surface area contributed by atoms with Crippen LogP contribution in [0.2, 0.25) is 0 Å². The molecule has 2 fully saturated rings. The van der Waals surface area contributed by atoms with E-state index in [1.807, 2.05) is 37.4 Å². The van der Waals surface area contributed by atoms with E-state index >= 15 is 0 Å². The van der Waals surface area contributed by atoms with Crippen molar-refractivity contribution >= 4 is 72.4 Å². The summed E-state index contributed by atoms with van der Waals surface area (Å²) in [6.45, 7) is 3.97. The number of benzene rings is 1. The van der Waals surface area contributed by atoms with Crippen LogP contribution in [-0.2, 0) is 24.4 Å². The molecule has 6 heterocycles. The Morgan fingerprint density at radius 1 is 1.03 bits per heavy atom. The number of fused-ring (bicyclic) bond motifs is 3. The minimum atomic E-state index is -4.10. The molecule has 330 valence electrons. The SMILES string of the molecule is COc1ccc2c(O[C@@H]3C[C@H]4C(=O)N[C@]5(C(=O)NNC(=O)c6cccnc6)C[C@H]5/C=C\CCCC[C@H](NS(=O)(=O)c5cccs5)C(=O)N4C3)cc(-c3csc(NC(C)C)n3)nc2c1. The fourth-order valence-electron chi connectivity index (χ4n) is 7.84. The van der Waals surface area contributed by atoms with E-state index in [1.165, 1.54) is 34.7 Å². The molecule has 5 atom stereocenters. The van der Waals surface area contributed by atoms with Gasteiger partial charge in [-0.1, -0.05) is 24.6 Å². The molecule has 3 aliphatic rings. The van der Waals surface area contributed by atoms with Gasteiger partial charge >= 0.3 is 0 Å². The molecule has 1 aromatic carbocycles. The van der Waals surface area contributed by atoms with Crippen LogP contribution in [-0.4, -0.2) is 95.3 Å². The summed E-state index contributed by atoms with van der Waals surface area (Å²) >= 11 is 2.47. The van der Waals surface area contributed by atoms with Crippen molar-refractivity contribution in [3.63, 3.8) is 0 Å². The first-order valence-corrected chi connectivity index (χ1v) is 23.8. The van der Waals surface area contributed by atoms with E-state index in [0.717, 1.165) is 16.5 Å². The zero-order valence-electron chi connectivity index (χ0n) is 34.7. The Hall–Kier alpha value is -5.96. The van der Waals surface area contributed by atoms with Gasteiger partial charge in [-0.2, -0.15) is 4.72 Å². The number of allylic oxidation sites excluding steroid dienone is 1. The number of thiophene rings is 1. The number of methoxy groups -OCH3 is 1. The zero-order valence-corrected chi connectivity index (χ0v) is 37.1. The molecule has 17 nitrogen and oxygen atoms in total. The summed E-state index contributed by atoms with van der Waals surface area (Å²) in [6, 6.07) is 11.2. The van der Waals surface area contributed by atoms with Gasteiger partial charge in [0.05, 0.1) is 30.4 Å². The van der Waals surface area contributed by atoms with Gasteiger partial charge in [-0.15, -0.1) is 22.7 Å². The Kier molecular flexibility index (Phi) is 12.8. The minimum Gasteiger partial charge on any atom is -0.497 e. The lowest BCUT2D eigenvalue weighted by molar-refractivity contribution is -0.141. The van der Waals surface area contributed by atoms with Crippen molar-refractivity contribution < 1.29 is 37.1 Å². The molecular weight excluding hydrogens is 867 g/mol. The Labute approximate surface area is 372 Å². The van der Waals surface area contributed by atoms with E-state index < -0.39 is 63.3 Å². The van der Waals surface area contributed by atoms with Crippen LogP contribution in [0.1, 0.15) is 62.7 Å². The van der Waals surface area contributed by atoms with E-state index in [0.29, 0.717) is 53.1 Å². The first kappa shape index (κ1) is 43.7. The number of ether oxygens (including phenoxy) is 2. The maximum Gasteiger partial charge on any atom is 0.271 e. The molecule has 2 aliphatic heterocycles. The third kappa shape index (κ3) is 9.68. The third-order valence-corrected chi connectivity index (χ3v) is 14.8. The molecule has 4 aromatic heterocycles. The van der Waals surface area contributed by atoms with Crippen LogP contribution in [0.3, 0.4) is 0 Å². The summed E-state index contributed by atoms with van der Waals surface area (Å²) in [5, 5.41) is 11.2. The molecular formula is C43H47N9O8S3. The summed E-state index contributed by atoms with van der Waals surface area (Å²) in [4.78, 5) is 71.2. The molecule has 4 amide bonds. The number of anilines is 1. The van der Waals surface area contributed by atoms with Crippen molar-refractivity contribution in [2.24, 2.45) is 5.92 Å². The van der Waals surface area contributed by atoms with Crippen molar-refractivity contribution in [2.45, 2.75) is 86.3 Å². The van der Waals surface area contributed by atoms with Gasteiger partial charge in [-0.05, 0) is 75.2 Å². The lowest BCUT2D eigenvalue weighted by atomic mass is 10.0. The minimum absolute atomic E-state index is 0.00633. The van der Waals surface area contributed by atoms with E-state index in [4.69, 9.17) is 19.4 Å². The predicted octanol–water partition coefficient (Wildman–Crippen LogP) is 4.81. The van der Waals surface area contributed by atoms with Crippen LogP contribution in [0.15, 0.2) is 88.0 Å². The van der Waals surface area contributed by atoms with Gasteiger partial charge in [0.15, 0.2) is 5.13 Å². The smallest absolute Gasteiger partial charge is 0.271 e. The molecule has 20 heteroatoms. The van der Waals surface area contributed by atoms with Gasteiger partial charge in [0.1, 0.15) is 45.1 Å². The Balaban J connectivity index is 1.12. The van der Waals surface area contributed by atoms with Crippen molar-refractivity contribution in [1.29, 1.82) is 0 Å². The van der Waals surface area contributed by atoms with Crippen LogP contribution in [0.25, 0.3) is 22.3 Å². The fraction of sp³-hybridized carbons (Fsp3) is 0.372. The number of hydrazine groups is 1. The molecule has 1 saturated heterocycles. The first-order valence-electron chi connectivity index (χ1n) is 20.6. The summed E-state index contributed by atoms with van der Waals surface area (Å²) in [5.41, 5.74) is 5.39. The van der Waals surface area contributed by atoms with Crippen molar-refractivity contribution in [3.05, 3.63) is 89.4 Å². The van der Waals surface area contributed by atoms with Crippen LogP contribution in [0.5, 0.6) is 11.5 Å². The second-order valence-corrected chi connectivity index (χ2v) is 19.7. The van der Waals surface area contributed by atoms with Crippen molar-refractivity contribution in [1.82, 2.24) is 40.7 Å². The second kappa shape index (κ2) is 18.4. The number of nitrogens with zero attached hydrogens (tertiary/aromatic N) is 4. The largest absolute Gasteiger partial charge is 0.497 e. The molecule has 8 rings (SSSR count).